The lowest BCUT2D eigenvalue weighted by atomic mass is 10.1. The molecular formula is C19H14FN2O5S-. The molecule has 0 fully saturated rings. The van der Waals surface area contributed by atoms with Gasteiger partial charge in [-0.25, -0.2) is 14.2 Å². The smallest absolute Gasteiger partial charge is 0.335 e. The van der Waals surface area contributed by atoms with Crippen molar-refractivity contribution in [2.45, 2.75) is 0 Å². The molecule has 1 atom stereocenters. The fourth-order valence-electron chi connectivity index (χ4n) is 2.58. The van der Waals surface area contributed by atoms with Gasteiger partial charge in [0.15, 0.2) is 0 Å². The summed E-state index contributed by atoms with van der Waals surface area (Å²) in [6.07, 6.45) is 0. The predicted octanol–water partition coefficient (Wildman–Crippen LogP) is 3.53. The van der Waals surface area contributed by atoms with E-state index < -0.39 is 23.1 Å². The quantitative estimate of drug-likeness (QED) is 0.634. The van der Waals surface area contributed by atoms with Crippen molar-refractivity contribution in [1.82, 2.24) is 4.98 Å². The minimum Gasteiger partial charge on any atom is -0.755 e. The average molecular weight is 401 g/mol. The average Bonchev–Trinajstić information content (AvgIpc) is 2.68. The van der Waals surface area contributed by atoms with Crippen LogP contribution in [0.25, 0.3) is 11.3 Å². The number of pyridine rings is 1. The Hall–Kier alpha value is -3.30. The van der Waals surface area contributed by atoms with Gasteiger partial charge >= 0.3 is 5.97 Å². The minimum atomic E-state index is -2.77. The number of methoxy groups -OCH3 is 1. The molecule has 2 aromatic carbocycles. The number of hydrogen-bond donors (Lipinski definition) is 1. The van der Waals surface area contributed by atoms with E-state index >= 15 is 0 Å². The minimum absolute atomic E-state index is 0.0507. The Balaban J connectivity index is 2.09. The fourth-order valence-corrected chi connectivity index (χ4v) is 3.14. The number of nitrogens with zero attached hydrogens (tertiary/aromatic N) is 2. The summed E-state index contributed by atoms with van der Waals surface area (Å²) >= 11 is -2.77. The number of hydrogen-bond acceptors (Lipinski definition) is 5. The van der Waals surface area contributed by atoms with E-state index in [9.17, 15) is 17.9 Å². The number of carbonyl (C=O) groups is 1. The lowest BCUT2D eigenvalue weighted by Crippen LogP contribution is -2.21. The van der Waals surface area contributed by atoms with Crippen molar-refractivity contribution in [1.29, 1.82) is 0 Å². The highest BCUT2D eigenvalue weighted by Gasteiger charge is 2.19. The molecule has 28 heavy (non-hydrogen) atoms. The van der Waals surface area contributed by atoms with Gasteiger partial charge in [0.2, 0.25) is 0 Å². The van der Waals surface area contributed by atoms with E-state index in [1.807, 2.05) is 0 Å². The van der Waals surface area contributed by atoms with Gasteiger partial charge < -0.3 is 14.4 Å². The molecule has 0 saturated carbocycles. The standard InChI is InChI=1S/C19H15FN2O5S/c1-27-17-11-13(19(23)24)7-10-16(17)22(28(25)26)18-4-2-3-15(21-18)12-5-8-14(20)9-6-12/h2-11H,1H3,(H,23,24)(H,25,26)/p-1. The van der Waals surface area contributed by atoms with Crippen LogP contribution in [0, 0.1) is 5.82 Å². The van der Waals surface area contributed by atoms with Crippen molar-refractivity contribution in [3.05, 3.63) is 72.0 Å². The van der Waals surface area contributed by atoms with E-state index in [4.69, 9.17) is 9.84 Å². The van der Waals surface area contributed by atoms with Crippen LogP contribution in [-0.2, 0) is 11.3 Å². The lowest BCUT2D eigenvalue weighted by molar-refractivity contribution is 0.0696. The van der Waals surface area contributed by atoms with Gasteiger partial charge in [-0.1, -0.05) is 6.07 Å². The van der Waals surface area contributed by atoms with Crippen LogP contribution in [0.4, 0.5) is 15.9 Å². The van der Waals surface area contributed by atoms with Crippen LogP contribution in [0.2, 0.25) is 0 Å². The van der Waals surface area contributed by atoms with Crippen LogP contribution in [0.5, 0.6) is 5.75 Å². The molecule has 0 aliphatic heterocycles. The summed E-state index contributed by atoms with van der Waals surface area (Å²) in [5.74, 6) is -1.45. The molecule has 1 N–H and O–H groups in total. The Morgan fingerprint density at radius 1 is 1.18 bits per heavy atom. The first-order valence-corrected chi connectivity index (χ1v) is 8.97. The van der Waals surface area contributed by atoms with Crippen LogP contribution in [-0.4, -0.2) is 31.9 Å². The number of ether oxygens (including phenoxy) is 1. The van der Waals surface area contributed by atoms with Crippen molar-refractivity contribution in [3.8, 4) is 17.0 Å². The topological polar surface area (TPSA) is 103 Å². The SMILES string of the molecule is COc1cc(C(=O)O)ccc1N(c1cccc(-c2ccc(F)cc2)n1)S(=O)[O-]. The molecule has 0 amide bonds. The second-order valence-corrected chi connectivity index (χ2v) is 6.39. The third-order valence-corrected chi connectivity index (χ3v) is 4.56. The van der Waals surface area contributed by atoms with Crippen LogP contribution in [0.3, 0.4) is 0 Å². The van der Waals surface area contributed by atoms with Crippen molar-refractivity contribution in [2.75, 3.05) is 11.4 Å². The summed E-state index contributed by atoms with van der Waals surface area (Å²) in [6, 6.07) is 14.2. The van der Waals surface area contributed by atoms with Gasteiger partial charge in [0.25, 0.3) is 0 Å². The molecule has 1 unspecified atom stereocenters. The van der Waals surface area contributed by atoms with E-state index in [-0.39, 0.29) is 22.8 Å². The number of rotatable bonds is 6. The summed E-state index contributed by atoms with van der Waals surface area (Å²) in [7, 11) is 1.30. The van der Waals surface area contributed by atoms with Crippen LogP contribution >= 0.6 is 0 Å². The maximum Gasteiger partial charge on any atom is 0.335 e. The van der Waals surface area contributed by atoms with Crippen LogP contribution in [0.1, 0.15) is 10.4 Å². The fraction of sp³-hybridized carbons (Fsp3) is 0.0526. The van der Waals surface area contributed by atoms with Gasteiger partial charge in [-0.3, -0.25) is 8.51 Å². The van der Waals surface area contributed by atoms with Gasteiger partial charge in [0.05, 0.1) is 35.3 Å². The van der Waals surface area contributed by atoms with Gasteiger partial charge in [0, 0.05) is 5.56 Å². The molecule has 0 aliphatic carbocycles. The molecule has 9 heteroatoms. The third kappa shape index (κ3) is 4.00. The van der Waals surface area contributed by atoms with Gasteiger partial charge in [-0.2, -0.15) is 0 Å². The molecule has 3 aromatic rings. The molecule has 0 bridgehead atoms. The van der Waals surface area contributed by atoms with Crippen LogP contribution < -0.4 is 9.04 Å². The van der Waals surface area contributed by atoms with E-state index in [2.05, 4.69) is 4.98 Å². The van der Waals surface area contributed by atoms with Crippen molar-refractivity contribution >= 4 is 28.7 Å². The molecule has 144 valence electrons. The van der Waals surface area contributed by atoms with E-state index in [0.717, 1.165) is 4.31 Å². The summed E-state index contributed by atoms with van der Waals surface area (Å²) in [5, 5.41) is 9.11. The zero-order valence-corrected chi connectivity index (χ0v) is 15.4. The Morgan fingerprint density at radius 2 is 1.89 bits per heavy atom. The van der Waals surface area contributed by atoms with Crippen molar-refractivity contribution in [2.24, 2.45) is 0 Å². The van der Waals surface area contributed by atoms with Gasteiger partial charge in [-0.15, -0.1) is 0 Å². The summed E-state index contributed by atoms with van der Waals surface area (Å²) < 4.78 is 43.1. The normalized spacial score (nSPS) is 11.7. The zero-order valence-electron chi connectivity index (χ0n) is 14.5. The molecular weight excluding hydrogens is 387 g/mol. The molecule has 3 rings (SSSR count). The monoisotopic (exact) mass is 401 g/mol. The Bertz CT molecular complexity index is 1040. The predicted molar refractivity (Wildman–Crippen MR) is 101 cm³/mol. The summed E-state index contributed by atoms with van der Waals surface area (Å²) in [4.78, 5) is 15.5. The molecule has 0 saturated heterocycles. The number of aromatic nitrogens is 1. The first kappa shape index (κ1) is 19.5. The highest BCUT2D eigenvalue weighted by molar-refractivity contribution is 7.81. The second kappa shape index (κ2) is 8.15. The van der Waals surface area contributed by atoms with E-state index in [0.29, 0.717) is 11.3 Å². The number of halogens is 1. The maximum absolute atomic E-state index is 13.1. The highest BCUT2D eigenvalue weighted by Crippen LogP contribution is 2.35. The molecule has 1 heterocycles. The number of anilines is 2. The van der Waals surface area contributed by atoms with Crippen molar-refractivity contribution in [3.63, 3.8) is 0 Å². The number of carboxylic acids is 1. The summed E-state index contributed by atoms with van der Waals surface area (Å²) in [5.41, 5.74) is 1.09. The molecule has 0 radical (unpaired) electrons. The largest absolute Gasteiger partial charge is 0.755 e. The molecule has 1 aromatic heterocycles. The number of benzene rings is 2. The Labute approximate surface area is 162 Å². The molecule has 0 aliphatic rings. The van der Waals surface area contributed by atoms with Crippen LogP contribution in [0.15, 0.2) is 60.7 Å². The highest BCUT2D eigenvalue weighted by atomic mass is 32.2. The number of carboxylic acid groups (broad SMARTS) is 1. The first-order chi connectivity index (χ1) is 13.4. The number of aromatic carboxylic acids is 1. The second-order valence-electron chi connectivity index (χ2n) is 5.59. The summed E-state index contributed by atoms with van der Waals surface area (Å²) in [6.45, 7) is 0. The van der Waals surface area contributed by atoms with E-state index in [1.165, 1.54) is 55.6 Å². The van der Waals surface area contributed by atoms with Gasteiger partial charge in [0.1, 0.15) is 17.4 Å². The Morgan fingerprint density at radius 3 is 2.50 bits per heavy atom. The maximum atomic E-state index is 13.1. The molecule has 7 nitrogen and oxygen atoms in total. The molecule has 0 spiro atoms. The third-order valence-electron chi connectivity index (χ3n) is 3.88. The Kier molecular flexibility index (Phi) is 5.67. The lowest BCUT2D eigenvalue weighted by Gasteiger charge is -2.27. The van der Waals surface area contributed by atoms with E-state index in [1.54, 1.807) is 12.1 Å². The van der Waals surface area contributed by atoms with Gasteiger partial charge in [-0.05, 0) is 54.6 Å². The van der Waals surface area contributed by atoms with Crippen molar-refractivity contribution < 1.29 is 27.8 Å². The first-order valence-electron chi connectivity index (χ1n) is 7.94. The zero-order chi connectivity index (χ0) is 20.3.